The van der Waals surface area contributed by atoms with E-state index >= 15 is 0 Å². The Labute approximate surface area is 86.4 Å². The minimum absolute atomic E-state index is 0.165. The van der Waals surface area contributed by atoms with Crippen molar-refractivity contribution in [3.05, 3.63) is 28.8 Å². The van der Waals surface area contributed by atoms with Gasteiger partial charge in [-0.3, -0.25) is 5.10 Å². The lowest BCUT2D eigenvalue weighted by Crippen LogP contribution is -1.93. The van der Waals surface area contributed by atoms with Crippen LogP contribution in [0.2, 0.25) is 0 Å². The summed E-state index contributed by atoms with van der Waals surface area (Å²) in [5.41, 5.74) is 3.14. The Morgan fingerprint density at radius 1 is 1.57 bits per heavy atom. The van der Waals surface area contributed by atoms with E-state index in [0.717, 1.165) is 21.8 Å². The zero-order chi connectivity index (χ0) is 9.97. The molecule has 0 fully saturated rings. The highest BCUT2D eigenvalue weighted by atomic mass is 32.1. The average molecular weight is 208 g/mol. The van der Waals surface area contributed by atoms with E-state index in [1.54, 1.807) is 11.3 Å². The second-order valence-corrected chi connectivity index (χ2v) is 4.07. The minimum Gasteiger partial charge on any atom is -0.396 e. The zero-order valence-corrected chi connectivity index (χ0v) is 8.77. The van der Waals surface area contributed by atoms with Crippen LogP contribution in [0.1, 0.15) is 11.3 Å². The maximum absolute atomic E-state index is 8.95. The number of aryl methyl sites for hydroxylation is 1. The molecule has 0 aliphatic heterocycles. The molecule has 2 N–H and O–H groups in total. The van der Waals surface area contributed by atoms with Crippen LogP contribution in [0.5, 0.6) is 0 Å². The van der Waals surface area contributed by atoms with Crippen LogP contribution in [-0.2, 0) is 6.42 Å². The van der Waals surface area contributed by atoms with Crippen LogP contribution >= 0.6 is 11.3 Å². The maximum Gasteiger partial charge on any atom is 0.106 e. The summed E-state index contributed by atoms with van der Waals surface area (Å²) in [4.78, 5) is 1.15. The molecule has 3 nitrogen and oxygen atoms in total. The zero-order valence-electron chi connectivity index (χ0n) is 7.95. The molecule has 0 spiro atoms. The summed E-state index contributed by atoms with van der Waals surface area (Å²) in [6, 6.07) is 4.05. The summed E-state index contributed by atoms with van der Waals surface area (Å²) in [6.45, 7) is 2.15. The van der Waals surface area contributed by atoms with E-state index in [-0.39, 0.29) is 6.61 Å². The largest absolute Gasteiger partial charge is 0.396 e. The monoisotopic (exact) mass is 208 g/mol. The molecule has 0 amide bonds. The molecule has 2 aromatic rings. The van der Waals surface area contributed by atoms with E-state index in [9.17, 15) is 0 Å². The van der Waals surface area contributed by atoms with Crippen LogP contribution < -0.4 is 0 Å². The Balaban J connectivity index is 2.43. The Hall–Kier alpha value is -1.13. The summed E-state index contributed by atoms with van der Waals surface area (Å²) in [6.07, 6.45) is 0.662. The second-order valence-electron chi connectivity index (χ2n) is 3.13. The van der Waals surface area contributed by atoms with Gasteiger partial charge in [-0.2, -0.15) is 5.10 Å². The number of hydrogen-bond acceptors (Lipinski definition) is 3. The molecule has 0 atom stereocenters. The van der Waals surface area contributed by atoms with Crippen molar-refractivity contribution in [3.63, 3.8) is 0 Å². The lowest BCUT2D eigenvalue weighted by molar-refractivity contribution is 0.299. The number of H-pyrrole nitrogens is 1. The second kappa shape index (κ2) is 3.94. The minimum atomic E-state index is 0.165. The lowest BCUT2D eigenvalue weighted by Gasteiger charge is -1.98. The van der Waals surface area contributed by atoms with E-state index in [4.69, 9.17) is 5.11 Å². The van der Waals surface area contributed by atoms with E-state index in [1.165, 1.54) is 0 Å². The molecule has 0 bridgehead atoms. The van der Waals surface area contributed by atoms with E-state index < -0.39 is 0 Å². The van der Waals surface area contributed by atoms with Crippen LogP contribution in [0.3, 0.4) is 0 Å². The number of aliphatic hydroxyl groups excluding tert-OH is 1. The van der Waals surface area contributed by atoms with Crippen molar-refractivity contribution >= 4 is 11.3 Å². The molecule has 0 aromatic carbocycles. The molecule has 14 heavy (non-hydrogen) atoms. The van der Waals surface area contributed by atoms with E-state index in [2.05, 4.69) is 10.2 Å². The van der Waals surface area contributed by atoms with Crippen molar-refractivity contribution in [3.8, 4) is 10.6 Å². The quantitative estimate of drug-likeness (QED) is 0.810. The third-order valence-electron chi connectivity index (χ3n) is 2.19. The van der Waals surface area contributed by atoms with Crippen LogP contribution in [-0.4, -0.2) is 21.9 Å². The summed E-state index contributed by atoms with van der Waals surface area (Å²) >= 11 is 1.67. The predicted molar refractivity (Wildman–Crippen MR) is 57.4 cm³/mol. The number of aromatic amines is 1. The first-order chi connectivity index (χ1) is 6.83. The first kappa shape index (κ1) is 9.43. The van der Waals surface area contributed by atoms with Gasteiger partial charge in [-0.15, -0.1) is 11.3 Å². The molecule has 0 saturated carbocycles. The standard InChI is InChI=1S/C10H12N2OS/c1-7-8(4-5-13)10(12-11-7)9-3-2-6-14-9/h2-3,6,13H,4-5H2,1H3,(H,11,12). The molecule has 74 valence electrons. The summed E-state index contributed by atoms with van der Waals surface area (Å²) < 4.78 is 0. The third-order valence-corrected chi connectivity index (χ3v) is 3.07. The van der Waals surface area contributed by atoms with Gasteiger partial charge in [-0.05, 0) is 24.8 Å². The van der Waals surface area contributed by atoms with Gasteiger partial charge in [0.05, 0.1) is 4.88 Å². The number of aromatic nitrogens is 2. The smallest absolute Gasteiger partial charge is 0.106 e. The number of nitrogens with zero attached hydrogens (tertiary/aromatic N) is 1. The van der Waals surface area contributed by atoms with Crippen LogP contribution in [0.4, 0.5) is 0 Å². The summed E-state index contributed by atoms with van der Waals surface area (Å²) in [5, 5.41) is 18.2. The topological polar surface area (TPSA) is 48.9 Å². The average Bonchev–Trinajstić information content (AvgIpc) is 2.77. The molecule has 0 saturated heterocycles. The highest BCUT2D eigenvalue weighted by Gasteiger charge is 2.11. The van der Waals surface area contributed by atoms with E-state index in [0.29, 0.717) is 6.42 Å². The van der Waals surface area contributed by atoms with Crippen molar-refractivity contribution < 1.29 is 5.11 Å². The fourth-order valence-corrected chi connectivity index (χ4v) is 2.23. The van der Waals surface area contributed by atoms with Gasteiger partial charge < -0.3 is 5.11 Å². The molecule has 0 unspecified atom stereocenters. The van der Waals surface area contributed by atoms with Gasteiger partial charge in [0.1, 0.15) is 5.69 Å². The highest BCUT2D eigenvalue weighted by Crippen LogP contribution is 2.27. The summed E-state index contributed by atoms with van der Waals surface area (Å²) in [7, 11) is 0. The Morgan fingerprint density at radius 2 is 2.43 bits per heavy atom. The van der Waals surface area contributed by atoms with Crippen molar-refractivity contribution in [2.24, 2.45) is 0 Å². The molecule has 2 rings (SSSR count). The van der Waals surface area contributed by atoms with Gasteiger partial charge in [0.15, 0.2) is 0 Å². The molecule has 2 heterocycles. The predicted octanol–water partition coefficient (Wildman–Crippen LogP) is 1.98. The van der Waals surface area contributed by atoms with Gasteiger partial charge in [0.25, 0.3) is 0 Å². The van der Waals surface area contributed by atoms with Gasteiger partial charge >= 0.3 is 0 Å². The van der Waals surface area contributed by atoms with Crippen LogP contribution in [0.15, 0.2) is 17.5 Å². The molecular weight excluding hydrogens is 196 g/mol. The normalized spacial score (nSPS) is 10.7. The molecule has 0 aliphatic carbocycles. The van der Waals surface area contributed by atoms with Gasteiger partial charge in [0, 0.05) is 17.9 Å². The first-order valence-corrected chi connectivity index (χ1v) is 5.39. The van der Waals surface area contributed by atoms with Crippen molar-refractivity contribution in [2.75, 3.05) is 6.61 Å². The Kier molecular flexibility index (Phi) is 2.65. The van der Waals surface area contributed by atoms with Gasteiger partial charge in [-0.25, -0.2) is 0 Å². The van der Waals surface area contributed by atoms with Crippen molar-refractivity contribution in [2.45, 2.75) is 13.3 Å². The Bertz CT molecular complexity index is 406. The Morgan fingerprint density at radius 3 is 3.07 bits per heavy atom. The third kappa shape index (κ3) is 1.58. The first-order valence-electron chi connectivity index (χ1n) is 4.51. The van der Waals surface area contributed by atoms with Crippen molar-refractivity contribution in [1.82, 2.24) is 10.2 Å². The lowest BCUT2D eigenvalue weighted by atomic mass is 10.1. The maximum atomic E-state index is 8.95. The molecular formula is C10H12N2OS. The molecule has 0 aliphatic rings. The molecule has 0 radical (unpaired) electrons. The van der Waals surface area contributed by atoms with E-state index in [1.807, 2.05) is 24.4 Å². The van der Waals surface area contributed by atoms with Crippen LogP contribution in [0.25, 0.3) is 10.6 Å². The number of nitrogens with one attached hydrogen (secondary N) is 1. The highest BCUT2D eigenvalue weighted by molar-refractivity contribution is 7.13. The number of hydrogen-bond donors (Lipinski definition) is 2. The molecule has 4 heteroatoms. The number of rotatable bonds is 3. The fourth-order valence-electron chi connectivity index (χ4n) is 1.49. The molecule has 2 aromatic heterocycles. The SMILES string of the molecule is Cc1[nH]nc(-c2cccs2)c1CCO. The number of thiophene rings is 1. The van der Waals surface area contributed by atoms with Gasteiger partial charge in [-0.1, -0.05) is 6.07 Å². The van der Waals surface area contributed by atoms with Crippen LogP contribution in [0, 0.1) is 6.92 Å². The summed E-state index contributed by atoms with van der Waals surface area (Å²) in [5.74, 6) is 0. The number of aliphatic hydroxyl groups is 1. The fraction of sp³-hybridized carbons (Fsp3) is 0.300. The van der Waals surface area contributed by atoms with Crippen molar-refractivity contribution in [1.29, 1.82) is 0 Å². The van der Waals surface area contributed by atoms with Gasteiger partial charge in [0.2, 0.25) is 0 Å².